The van der Waals surface area contributed by atoms with Crippen LogP contribution in [0.1, 0.15) is 31.7 Å². The number of nitrogens with zero attached hydrogens (tertiary/aromatic N) is 1. The van der Waals surface area contributed by atoms with Gasteiger partial charge in [-0.3, -0.25) is 0 Å². The highest BCUT2D eigenvalue weighted by Crippen LogP contribution is 2.09. The summed E-state index contributed by atoms with van der Waals surface area (Å²) in [6.45, 7) is 2.22. The highest BCUT2D eigenvalue weighted by molar-refractivity contribution is 9.10. The highest BCUT2D eigenvalue weighted by atomic mass is 79.9. The van der Waals surface area contributed by atoms with Crippen LogP contribution in [0.3, 0.4) is 0 Å². The summed E-state index contributed by atoms with van der Waals surface area (Å²) in [5.41, 5.74) is 1.34. The molecule has 0 N–H and O–H groups in total. The second kappa shape index (κ2) is 5.31. The molecule has 0 spiro atoms. The molecule has 0 aliphatic carbocycles. The third-order valence-corrected chi connectivity index (χ3v) is 2.33. The number of hydrogen-bond acceptors (Lipinski definition) is 1. The van der Waals surface area contributed by atoms with Crippen LogP contribution < -0.4 is 0 Å². The van der Waals surface area contributed by atoms with Crippen molar-refractivity contribution in [1.82, 2.24) is 4.98 Å². The van der Waals surface area contributed by atoms with Gasteiger partial charge in [0.15, 0.2) is 0 Å². The Morgan fingerprint density at radius 1 is 1.33 bits per heavy atom. The summed E-state index contributed by atoms with van der Waals surface area (Å²) in [7, 11) is 0. The average Bonchev–Trinajstić information content (AvgIpc) is 2.09. The van der Waals surface area contributed by atoms with Crippen molar-refractivity contribution in [3.05, 3.63) is 28.5 Å². The molecule has 66 valence electrons. The van der Waals surface area contributed by atoms with Crippen molar-refractivity contribution >= 4 is 15.9 Å². The second-order valence-corrected chi connectivity index (χ2v) is 3.76. The molecule has 0 aliphatic heterocycles. The van der Waals surface area contributed by atoms with Crippen molar-refractivity contribution in [2.24, 2.45) is 0 Å². The van der Waals surface area contributed by atoms with E-state index in [1.54, 1.807) is 0 Å². The van der Waals surface area contributed by atoms with Crippen LogP contribution in [0.4, 0.5) is 0 Å². The van der Waals surface area contributed by atoms with Gasteiger partial charge in [0.2, 0.25) is 0 Å². The SMILES string of the molecule is CCCCCc1ccc(Br)nc1. The van der Waals surface area contributed by atoms with Gasteiger partial charge in [0, 0.05) is 6.20 Å². The van der Waals surface area contributed by atoms with Crippen LogP contribution >= 0.6 is 15.9 Å². The zero-order valence-electron chi connectivity index (χ0n) is 7.39. The minimum atomic E-state index is 0.918. The Balaban J connectivity index is 2.37. The third-order valence-electron chi connectivity index (χ3n) is 1.86. The van der Waals surface area contributed by atoms with Gasteiger partial charge in [0.1, 0.15) is 4.60 Å². The Hall–Kier alpha value is -0.370. The molecule has 0 fully saturated rings. The van der Waals surface area contributed by atoms with Crippen LogP contribution in [0.15, 0.2) is 22.9 Å². The zero-order valence-corrected chi connectivity index (χ0v) is 8.97. The fourth-order valence-corrected chi connectivity index (χ4v) is 1.37. The molecule has 0 atom stereocenters. The van der Waals surface area contributed by atoms with Crippen LogP contribution in [0.25, 0.3) is 0 Å². The summed E-state index contributed by atoms with van der Waals surface area (Å²) < 4.78 is 0.918. The summed E-state index contributed by atoms with van der Waals surface area (Å²) in [6, 6.07) is 4.13. The summed E-state index contributed by atoms with van der Waals surface area (Å²) >= 11 is 3.32. The molecule has 1 aromatic heterocycles. The quantitative estimate of drug-likeness (QED) is 0.567. The van der Waals surface area contributed by atoms with Gasteiger partial charge in [-0.05, 0) is 40.4 Å². The Morgan fingerprint density at radius 2 is 2.17 bits per heavy atom. The first kappa shape index (κ1) is 9.72. The maximum Gasteiger partial charge on any atom is 0.106 e. The fraction of sp³-hybridized carbons (Fsp3) is 0.500. The standard InChI is InChI=1S/C10H14BrN/c1-2-3-4-5-9-6-7-10(11)12-8-9/h6-8H,2-5H2,1H3. The minimum Gasteiger partial charge on any atom is -0.249 e. The third kappa shape index (κ3) is 3.35. The van der Waals surface area contributed by atoms with E-state index in [4.69, 9.17) is 0 Å². The van der Waals surface area contributed by atoms with E-state index in [0.29, 0.717) is 0 Å². The number of hydrogen-bond donors (Lipinski definition) is 0. The monoisotopic (exact) mass is 227 g/mol. The van der Waals surface area contributed by atoms with E-state index in [1.807, 2.05) is 12.3 Å². The number of aromatic nitrogens is 1. The van der Waals surface area contributed by atoms with E-state index in [9.17, 15) is 0 Å². The number of unbranched alkanes of at least 4 members (excludes halogenated alkanes) is 2. The van der Waals surface area contributed by atoms with Crippen molar-refractivity contribution < 1.29 is 0 Å². The van der Waals surface area contributed by atoms with E-state index in [-0.39, 0.29) is 0 Å². The van der Waals surface area contributed by atoms with Crippen molar-refractivity contribution in [2.45, 2.75) is 32.6 Å². The smallest absolute Gasteiger partial charge is 0.106 e. The molecular formula is C10H14BrN. The maximum atomic E-state index is 4.17. The molecule has 0 bridgehead atoms. The van der Waals surface area contributed by atoms with Crippen LogP contribution in [0.2, 0.25) is 0 Å². The van der Waals surface area contributed by atoms with Gasteiger partial charge >= 0.3 is 0 Å². The lowest BCUT2D eigenvalue weighted by Gasteiger charge is -1.99. The normalized spacial score (nSPS) is 10.2. The molecule has 12 heavy (non-hydrogen) atoms. The molecule has 1 nitrogen and oxygen atoms in total. The molecule has 0 radical (unpaired) electrons. The summed E-state index contributed by atoms with van der Waals surface area (Å²) in [5.74, 6) is 0. The minimum absolute atomic E-state index is 0.918. The number of halogens is 1. The first-order valence-corrected chi connectivity index (χ1v) is 5.22. The Morgan fingerprint density at radius 3 is 2.75 bits per heavy atom. The van der Waals surface area contributed by atoms with Crippen molar-refractivity contribution in [2.75, 3.05) is 0 Å². The topological polar surface area (TPSA) is 12.9 Å². The van der Waals surface area contributed by atoms with E-state index in [0.717, 1.165) is 11.0 Å². The van der Waals surface area contributed by atoms with E-state index in [2.05, 4.69) is 33.9 Å². The largest absolute Gasteiger partial charge is 0.249 e. The van der Waals surface area contributed by atoms with Gasteiger partial charge < -0.3 is 0 Å². The molecule has 1 heterocycles. The summed E-state index contributed by atoms with van der Waals surface area (Å²) in [4.78, 5) is 4.17. The Kier molecular flexibility index (Phi) is 4.30. The Bertz CT molecular complexity index is 218. The van der Waals surface area contributed by atoms with E-state index >= 15 is 0 Å². The lowest BCUT2D eigenvalue weighted by molar-refractivity contribution is 0.716. The molecule has 0 saturated heterocycles. The summed E-state index contributed by atoms with van der Waals surface area (Å²) in [6.07, 6.45) is 6.98. The number of aryl methyl sites for hydroxylation is 1. The predicted octanol–water partition coefficient (Wildman–Crippen LogP) is 3.58. The van der Waals surface area contributed by atoms with Crippen molar-refractivity contribution in [1.29, 1.82) is 0 Å². The van der Waals surface area contributed by atoms with Crippen LogP contribution in [0.5, 0.6) is 0 Å². The molecule has 0 aromatic carbocycles. The van der Waals surface area contributed by atoms with Crippen molar-refractivity contribution in [3.8, 4) is 0 Å². The predicted molar refractivity (Wildman–Crippen MR) is 55.2 cm³/mol. The molecule has 0 amide bonds. The van der Waals surface area contributed by atoms with Crippen LogP contribution in [-0.4, -0.2) is 4.98 Å². The number of pyridine rings is 1. The maximum absolute atomic E-state index is 4.17. The first-order valence-electron chi connectivity index (χ1n) is 4.43. The second-order valence-electron chi connectivity index (χ2n) is 2.95. The van der Waals surface area contributed by atoms with Crippen LogP contribution in [-0.2, 0) is 6.42 Å². The molecule has 0 saturated carbocycles. The van der Waals surface area contributed by atoms with E-state index < -0.39 is 0 Å². The summed E-state index contributed by atoms with van der Waals surface area (Å²) in [5, 5.41) is 0. The van der Waals surface area contributed by atoms with Crippen molar-refractivity contribution in [3.63, 3.8) is 0 Å². The van der Waals surface area contributed by atoms with Gasteiger partial charge in [-0.15, -0.1) is 0 Å². The van der Waals surface area contributed by atoms with Gasteiger partial charge in [-0.2, -0.15) is 0 Å². The molecule has 1 rings (SSSR count). The first-order chi connectivity index (χ1) is 5.83. The fourth-order valence-electron chi connectivity index (χ4n) is 1.13. The molecule has 1 aromatic rings. The molecule has 0 aliphatic rings. The van der Waals surface area contributed by atoms with Gasteiger partial charge in [0.25, 0.3) is 0 Å². The highest BCUT2D eigenvalue weighted by Gasteiger charge is 1.93. The van der Waals surface area contributed by atoms with E-state index in [1.165, 1.54) is 24.8 Å². The van der Waals surface area contributed by atoms with Gasteiger partial charge in [0.05, 0.1) is 0 Å². The number of rotatable bonds is 4. The Labute approximate surface area is 82.3 Å². The lowest BCUT2D eigenvalue weighted by Crippen LogP contribution is -1.86. The molecular weight excluding hydrogens is 214 g/mol. The molecule has 2 heteroatoms. The van der Waals surface area contributed by atoms with Crippen LogP contribution in [0, 0.1) is 0 Å². The average molecular weight is 228 g/mol. The zero-order chi connectivity index (χ0) is 8.81. The van der Waals surface area contributed by atoms with Gasteiger partial charge in [-0.1, -0.05) is 25.8 Å². The lowest BCUT2D eigenvalue weighted by atomic mass is 10.1. The molecule has 0 unspecified atom stereocenters. The van der Waals surface area contributed by atoms with Gasteiger partial charge in [-0.25, -0.2) is 4.98 Å².